The number of methoxy groups -OCH3 is 1. The van der Waals surface area contributed by atoms with Crippen LogP contribution >= 0.6 is 0 Å². The number of halogens is 1. The predicted molar refractivity (Wildman–Crippen MR) is 96.4 cm³/mol. The molecule has 7 nitrogen and oxygen atoms in total. The van der Waals surface area contributed by atoms with Crippen molar-refractivity contribution in [2.24, 2.45) is 0 Å². The lowest BCUT2D eigenvalue weighted by atomic mass is 10.0. The minimum absolute atomic E-state index is 0.00649. The molecule has 27 heavy (non-hydrogen) atoms. The summed E-state index contributed by atoms with van der Waals surface area (Å²) in [6.07, 6.45) is 3.69. The van der Waals surface area contributed by atoms with Gasteiger partial charge in [-0.3, -0.25) is 9.59 Å². The van der Waals surface area contributed by atoms with Crippen LogP contribution in [0.15, 0.2) is 17.1 Å². The number of carbonyl (C=O) groups excluding carboxylic acids is 1. The average Bonchev–Trinajstić information content (AvgIpc) is 3.47. The molecule has 0 bridgehead atoms. The minimum Gasteiger partial charge on any atom is -0.492 e. The normalized spacial score (nSPS) is 17.4. The molecule has 0 spiro atoms. The van der Waals surface area contributed by atoms with E-state index in [1.807, 2.05) is 0 Å². The number of Topliss-reactive ketones (excluding diaryl/α,β-unsaturated/α-hetero) is 1. The number of carbonyl (C=O) groups is 2. The number of ketones is 1. The molecule has 0 radical (unpaired) electrons. The van der Waals surface area contributed by atoms with E-state index < -0.39 is 17.2 Å². The molecule has 4 rings (SSSR count). The van der Waals surface area contributed by atoms with Gasteiger partial charge in [0.05, 0.1) is 18.0 Å². The number of nitrogens with zero attached hydrogens (tertiary/aromatic N) is 2. The number of fused-ring (bicyclic) bond motifs is 1. The van der Waals surface area contributed by atoms with Crippen molar-refractivity contribution in [2.45, 2.75) is 31.7 Å². The van der Waals surface area contributed by atoms with E-state index in [2.05, 4.69) is 0 Å². The highest BCUT2D eigenvalue weighted by atomic mass is 19.1. The van der Waals surface area contributed by atoms with Gasteiger partial charge in [0.25, 0.3) is 0 Å². The molecule has 1 saturated carbocycles. The molecule has 8 heteroatoms. The van der Waals surface area contributed by atoms with Gasteiger partial charge in [0.1, 0.15) is 17.0 Å². The molecule has 2 aliphatic rings. The van der Waals surface area contributed by atoms with Crippen molar-refractivity contribution >= 4 is 28.3 Å². The first-order valence-corrected chi connectivity index (χ1v) is 8.87. The maximum atomic E-state index is 15.0. The SMILES string of the molecule is COc1c(N2CCC(=O)CC2)c(F)cc2c(=O)c(C(=O)O)cn(C3CC3)c12. The van der Waals surface area contributed by atoms with E-state index in [1.54, 1.807) is 9.47 Å². The molecule has 2 fully saturated rings. The lowest BCUT2D eigenvalue weighted by Gasteiger charge is -2.30. The Labute approximate surface area is 153 Å². The molecule has 2 heterocycles. The third-order valence-corrected chi connectivity index (χ3v) is 5.21. The largest absolute Gasteiger partial charge is 0.492 e. The van der Waals surface area contributed by atoms with Crippen molar-refractivity contribution in [3.63, 3.8) is 0 Å². The Bertz CT molecular complexity index is 1020. The van der Waals surface area contributed by atoms with Crippen molar-refractivity contribution in [3.8, 4) is 5.75 Å². The van der Waals surface area contributed by atoms with Crippen LogP contribution in [0.4, 0.5) is 10.1 Å². The lowest BCUT2D eigenvalue weighted by molar-refractivity contribution is -0.119. The van der Waals surface area contributed by atoms with Gasteiger partial charge in [0, 0.05) is 38.2 Å². The zero-order valence-corrected chi connectivity index (χ0v) is 14.8. The number of carboxylic acids is 1. The Morgan fingerprint density at radius 2 is 1.93 bits per heavy atom. The summed E-state index contributed by atoms with van der Waals surface area (Å²) in [5.41, 5.74) is -0.489. The summed E-state index contributed by atoms with van der Waals surface area (Å²) >= 11 is 0. The van der Waals surface area contributed by atoms with E-state index in [9.17, 15) is 19.5 Å². The topological polar surface area (TPSA) is 88.8 Å². The van der Waals surface area contributed by atoms with Gasteiger partial charge in [0.15, 0.2) is 11.6 Å². The monoisotopic (exact) mass is 374 g/mol. The fourth-order valence-corrected chi connectivity index (χ4v) is 3.70. The van der Waals surface area contributed by atoms with Gasteiger partial charge < -0.3 is 19.3 Å². The van der Waals surface area contributed by atoms with E-state index in [0.29, 0.717) is 31.4 Å². The van der Waals surface area contributed by atoms with Crippen molar-refractivity contribution in [1.29, 1.82) is 0 Å². The Morgan fingerprint density at radius 3 is 2.48 bits per heavy atom. The second-order valence-corrected chi connectivity index (χ2v) is 6.98. The van der Waals surface area contributed by atoms with Crippen LogP contribution in [0.5, 0.6) is 5.75 Å². The van der Waals surface area contributed by atoms with Gasteiger partial charge in [-0.1, -0.05) is 0 Å². The molecule has 1 aromatic carbocycles. The number of carboxylic acid groups (broad SMARTS) is 1. The number of rotatable bonds is 4. The first kappa shape index (κ1) is 17.5. The molecule has 0 unspecified atom stereocenters. The van der Waals surface area contributed by atoms with Crippen molar-refractivity contribution in [3.05, 3.63) is 33.9 Å². The van der Waals surface area contributed by atoms with Gasteiger partial charge in [0.2, 0.25) is 5.43 Å². The molecule has 2 aromatic rings. The number of hydrogen-bond donors (Lipinski definition) is 1. The quantitative estimate of drug-likeness (QED) is 0.884. The molecule has 1 N–H and O–H groups in total. The molecule has 0 amide bonds. The number of ether oxygens (including phenoxy) is 1. The van der Waals surface area contributed by atoms with Crippen LogP contribution in [0, 0.1) is 5.82 Å². The predicted octanol–water partition coefficient (Wildman–Crippen LogP) is 2.35. The summed E-state index contributed by atoms with van der Waals surface area (Å²) in [6.45, 7) is 0.747. The summed E-state index contributed by atoms with van der Waals surface area (Å²) in [4.78, 5) is 37.4. The molecular weight excluding hydrogens is 355 g/mol. The number of anilines is 1. The van der Waals surface area contributed by atoms with Crippen molar-refractivity contribution in [1.82, 2.24) is 4.57 Å². The van der Waals surface area contributed by atoms with Crippen LogP contribution < -0.4 is 15.1 Å². The molecule has 1 aromatic heterocycles. The second-order valence-electron chi connectivity index (χ2n) is 6.98. The van der Waals surface area contributed by atoms with Gasteiger partial charge in [-0.15, -0.1) is 0 Å². The molecule has 142 valence electrons. The number of aromatic carboxylic acids is 1. The number of pyridine rings is 1. The minimum atomic E-state index is -1.34. The summed E-state index contributed by atoms with van der Waals surface area (Å²) < 4.78 is 22.2. The van der Waals surface area contributed by atoms with Crippen LogP contribution in [0.3, 0.4) is 0 Å². The first-order chi connectivity index (χ1) is 12.9. The highest BCUT2D eigenvalue weighted by molar-refractivity contribution is 5.97. The van der Waals surface area contributed by atoms with Crippen LogP contribution in [0.1, 0.15) is 42.1 Å². The second kappa shape index (κ2) is 6.37. The molecule has 1 saturated heterocycles. The summed E-state index contributed by atoms with van der Waals surface area (Å²) in [5, 5.41) is 9.35. The van der Waals surface area contributed by atoms with Crippen LogP contribution in [-0.4, -0.2) is 41.6 Å². The third-order valence-electron chi connectivity index (χ3n) is 5.21. The highest BCUT2D eigenvalue weighted by Gasteiger charge is 2.32. The number of benzene rings is 1. The Hall–Kier alpha value is -2.90. The van der Waals surface area contributed by atoms with E-state index in [4.69, 9.17) is 4.74 Å². The van der Waals surface area contributed by atoms with E-state index >= 15 is 4.39 Å². The van der Waals surface area contributed by atoms with E-state index in [0.717, 1.165) is 18.9 Å². The summed E-state index contributed by atoms with van der Waals surface area (Å²) in [6, 6.07) is 1.15. The fraction of sp³-hybridized carbons (Fsp3) is 0.421. The zero-order chi connectivity index (χ0) is 19.3. The third kappa shape index (κ3) is 2.85. The highest BCUT2D eigenvalue weighted by Crippen LogP contribution is 2.43. The summed E-state index contributed by atoms with van der Waals surface area (Å²) in [7, 11) is 1.40. The molecular formula is C19H19FN2O5. The number of piperidine rings is 1. The van der Waals surface area contributed by atoms with Gasteiger partial charge >= 0.3 is 5.97 Å². The van der Waals surface area contributed by atoms with E-state index in [1.165, 1.54) is 13.3 Å². The molecule has 0 atom stereocenters. The van der Waals surface area contributed by atoms with Gasteiger partial charge in [-0.2, -0.15) is 0 Å². The van der Waals surface area contributed by atoms with Crippen LogP contribution in [-0.2, 0) is 4.79 Å². The van der Waals surface area contributed by atoms with Crippen LogP contribution in [0.2, 0.25) is 0 Å². The Morgan fingerprint density at radius 1 is 1.26 bits per heavy atom. The lowest BCUT2D eigenvalue weighted by Crippen LogP contribution is -2.34. The number of hydrogen-bond acceptors (Lipinski definition) is 5. The average molecular weight is 374 g/mol. The first-order valence-electron chi connectivity index (χ1n) is 8.87. The van der Waals surface area contributed by atoms with Crippen molar-refractivity contribution < 1.29 is 23.8 Å². The zero-order valence-electron chi connectivity index (χ0n) is 14.8. The van der Waals surface area contributed by atoms with Crippen LogP contribution in [0.25, 0.3) is 10.9 Å². The standard InChI is InChI=1S/C19H19FN2O5/c1-27-18-15-12(8-14(20)16(18)21-6-4-11(23)5-7-21)17(24)13(19(25)26)9-22(15)10-2-3-10/h8-10H,2-7H2,1H3,(H,25,26). The Kier molecular flexibility index (Phi) is 4.13. The molecule has 1 aliphatic carbocycles. The van der Waals surface area contributed by atoms with Gasteiger partial charge in [-0.05, 0) is 18.9 Å². The fourth-order valence-electron chi connectivity index (χ4n) is 3.70. The Balaban J connectivity index is 2.02. The molecule has 1 aliphatic heterocycles. The maximum absolute atomic E-state index is 15.0. The van der Waals surface area contributed by atoms with Gasteiger partial charge in [-0.25, -0.2) is 9.18 Å². The van der Waals surface area contributed by atoms with E-state index in [-0.39, 0.29) is 34.2 Å². The smallest absolute Gasteiger partial charge is 0.341 e. The maximum Gasteiger partial charge on any atom is 0.341 e. The van der Waals surface area contributed by atoms with Crippen molar-refractivity contribution in [2.75, 3.05) is 25.1 Å². The number of aromatic nitrogens is 1. The summed E-state index contributed by atoms with van der Waals surface area (Å²) in [5.74, 6) is -1.65.